The van der Waals surface area contributed by atoms with Gasteiger partial charge in [-0.15, -0.1) is 0 Å². The number of benzene rings is 2. The molecule has 0 radical (unpaired) electrons. The maximum Gasteiger partial charge on any atom is 0.233 e. The molecule has 3 aromatic rings. The van der Waals surface area contributed by atoms with Gasteiger partial charge in [0, 0.05) is 50.9 Å². The van der Waals surface area contributed by atoms with Crippen LogP contribution in [0.5, 0.6) is 0 Å². The van der Waals surface area contributed by atoms with Crippen molar-refractivity contribution in [3.8, 4) is 0 Å². The second-order valence-corrected chi connectivity index (χ2v) is 10.5. The topological polar surface area (TPSA) is 52.8 Å². The van der Waals surface area contributed by atoms with E-state index in [0.29, 0.717) is 0 Å². The lowest BCUT2D eigenvalue weighted by molar-refractivity contribution is -0.130. The van der Waals surface area contributed by atoms with Crippen LogP contribution in [0.25, 0.3) is 11.0 Å². The molecule has 6 heteroatoms. The van der Waals surface area contributed by atoms with Crippen LogP contribution in [0.3, 0.4) is 0 Å². The van der Waals surface area contributed by atoms with Crippen LogP contribution >= 0.6 is 0 Å². The largest absolute Gasteiger partial charge is 0.354 e. The normalized spacial score (nSPS) is 20.3. The summed E-state index contributed by atoms with van der Waals surface area (Å²) in [7, 11) is 1.90. The first kappa shape index (κ1) is 22.0. The number of aromatic nitrogens is 1. The Labute approximate surface area is 196 Å². The number of rotatable bonds is 4. The minimum atomic E-state index is -0.436. The Morgan fingerprint density at radius 1 is 0.970 bits per heavy atom. The van der Waals surface area contributed by atoms with E-state index in [4.69, 9.17) is 4.52 Å². The quantitative estimate of drug-likeness (QED) is 0.592. The summed E-state index contributed by atoms with van der Waals surface area (Å²) in [5, 5.41) is 5.41. The van der Waals surface area contributed by atoms with Crippen LogP contribution in [0.15, 0.2) is 47.0 Å². The number of amides is 1. The van der Waals surface area contributed by atoms with Gasteiger partial charge in [0.15, 0.2) is 11.4 Å². The summed E-state index contributed by atoms with van der Waals surface area (Å²) in [6.07, 6.45) is 1.01. The minimum absolute atomic E-state index is 0.186. The van der Waals surface area contributed by atoms with Gasteiger partial charge in [0.05, 0.1) is 10.8 Å². The average molecular weight is 447 g/mol. The highest BCUT2D eigenvalue weighted by Crippen LogP contribution is 2.50. The lowest BCUT2D eigenvalue weighted by atomic mass is 9.60. The molecule has 0 aliphatic carbocycles. The number of carbonyl (C=O) groups excluding carboxylic acids is 1. The minimum Gasteiger partial charge on any atom is -0.354 e. The van der Waals surface area contributed by atoms with Crippen molar-refractivity contribution in [1.29, 1.82) is 0 Å². The highest BCUT2D eigenvalue weighted by Gasteiger charge is 2.50. The van der Waals surface area contributed by atoms with Gasteiger partial charge in [0.2, 0.25) is 5.91 Å². The Bertz CT molecular complexity index is 1190. The predicted octanol–water partition coefficient (Wildman–Crippen LogP) is 4.47. The average Bonchev–Trinajstić information content (AvgIpc) is 3.25. The van der Waals surface area contributed by atoms with Crippen LogP contribution in [-0.2, 0) is 16.6 Å². The van der Waals surface area contributed by atoms with E-state index in [9.17, 15) is 4.79 Å². The van der Waals surface area contributed by atoms with Crippen LogP contribution in [0.4, 0.5) is 11.5 Å². The van der Waals surface area contributed by atoms with E-state index in [2.05, 4.69) is 66.9 Å². The highest BCUT2D eigenvalue weighted by atomic mass is 16.5. The molecular weight excluding hydrogens is 412 g/mol. The van der Waals surface area contributed by atoms with E-state index < -0.39 is 5.41 Å². The Morgan fingerprint density at radius 2 is 1.70 bits per heavy atom. The van der Waals surface area contributed by atoms with E-state index in [1.54, 1.807) is 0 Å². The molecule has 0 N–H and O–H groups in total. The molecule has 0 atom stereocenters. The number of hydrogen-bond donors (Lipinski definition) is 0. The zero-order chi connectivity index (χ0) is 23.4. The van der Waals surface area contributed by atoms with E-state index in [1.807, 2.05) is 30.1 Å². The fourth-order valence-electron chi connectivity index (χ4n) is 5.24. The zero-order valence-corrected chi connectivity index (χ0v) is 20.4. The van der Waals surface area contributed by atoms with Crippen molar-refractivity contribution < 1.29 is 9.32 Å². The SMILES string of the molecule is CN1C(=O)C(C)(C)C(C)(C)c2cc(CCN3CCN(c4noc5ccccc45)CC3)ccc21. The third-order valence-electron chi connectivity index (χ3n) is 8.24. The van der Waals surface area contributed by atoms with Crippen molar-refractivity contribution in [2.45, 2.75) is 39.5 Å². The molecule has 0 unspecified atom stereocenters. The van der Waals surface area contributed by atoms with Gasteiger partial charge in [0.25, 0.3) is 0 Å². The number of hydrogen-bond acceptors (Lipinski definition) is 5. The molecule has 6 nitrogen and oxygen atoms in total. The Balaban J connectivity index is 1.25. The molecule has 3 heterocycles. The monoisotopic (exact) mass is 446 g/mol. The summed E-state index contributed by atoms with van der Waals surface area (Å²) in [5.41, 5.74) is 3.85. The smallest absolute Gasteiger partial charge is 0.233 e. The van der Waals surface area contributed by atoms with Gasteiger partial charge in [-0.05, 0) is 35.7 Å². The van der Waals surface area contributed by atoms with Gasteiger partial charge in [0.1, 0.15) is 0 Å². The van der Waals surface area contributed by atoms with Crippen LogP contribution in [0.2, 0.25) is 0 Å². The second-order valence-electron chi connectivity index (χ2n) is 10.5. The summed E-state index contributed by atoms with van der Waals surface area (Å²) < 4.78 is 5.50. The lowest BCUT2D eigenvalue weighted by Gasteiger charge is -2.49. The second kappa shape index (κ2) is 7.87. The summed E-state index contributed by atoms with van der Waals surface area (Å²) in [6.45, 7) is 13.5. The highest BCUT2D eigenvalue weighted by molar-refractivity contribution is 6.01. The summed E-state index contributed by atoms with van der Waals surface area (Å²) in [6, 6.07) is 14.7. The first-order chi connectivity index (χ1) is 15.7. The molecular formula is C27H34N4O2. The standard InChI is InChI=1S/C27H34N4O2/c1-26(2)21-18-19(10-11-22(21)29(5)25(32)27(26,3)4)12-13-30-14-16-31(17-15-30)24-20-8-6-7-9-23(20)33-28-24/h6-11,18H,12-17H2,1-5H3. The molecule has 2 aromatic carbocycles. The molecule has 0 bridgehead atoms. The van der Waals surface area contributed by atoms with E-state index >= 15 is 0 Å². The van der Waals surface area contributed by atoms with Crippen molar-refractivity contribution in [1.82, 2.24) is 10.1 Å². The molecule has 174 valence electrons. The number of piperazine rings is 1. The maximum absolute atomic E-state index is 12.9. The zero-order valence-electron chi connectivity index (χ0n) is 20.4. The molecule has 33 heavy (non-hydrogen) atoms. The van der Waals surface area contributed by atoms with Gasteiger partial charge >= 0.3 is 0 Å². The number of anilines is 2. The van der Waals surface area contributed by atoms with Crippen LogP contribution in [0.1, 0.15) is 38.8 Å². The molecule has 5 rings (SSSR count). The number of para-hydroxylation sites is 1. The van der Waals surface area contributed by atoms with Gasteiger partial charge in [-0.3, -0.25) is 9.69 Å². The molecule has 2 aliphatic rings. The first-order valence-electron chi connectivity index (χ1n) is 11.9. The molecule has 1 aromatic heterocycles. The van der Waals surface area contributed by atoms with E-state index in [1.165, 1.54) is 11.1 Å². The third-order valence-corrected chi connectivity index (χ3v) is 8.24. The lowest BCUT2D eigenvalue weighted by Crippen LogP contribution is -2.54. The van der Waals surface area contributed by atoms with E-state index in [-0.39, 0.29) is 11.3 Å². The van der Waals surface area contributed by atoms with Gasteiger partial charge < -0.3 is 14.3 Å². The fourth-order valence-corrected chi connectivity index (χ4v) is 5.24. The maximum atomic E-state index is 12.9. The molecule has 1 amide bonds. The van der Waals surface area contributed by atoms with Crippen molar-refractivity contribution >= 4 is 28.4 Å². The molecule has 1 fully saturated rings. The van der Waals surface area contributed by atoms with Gasteiger partial charge in [-0.1, -0.05) is 57.1 Å². The molecule has 2 aliphatic heterocycles. The van der Waals surface area contributed by atoms with Gasteiger partial charge in [-0.2, -0.15) is 0 Å². The Hall–Kier alpha value is -2.86. The summed E-state index contributed by atoms with van der Waals surface area (Å²) in [5.74, 6) is 1.15. The Morgan fingerprint density at radius 3 is 2.45 bits per heavy atom. The first-order valence-corrected chi connectivity index (χ1v) is 11.9. The summed E-state index contributed by atoms with van der Waals surface area (Å²) >= 11 is 0. The van der Waals surface area contributed by atoms with Crippen LogP contribution in [-0.4, -0.2) is 55.7 Å². The molecule has 0 spiro atoms. The predicted molar refractivity (Wildman–Crippen MR) is 133 cm³/mol. The third kappa shape index (κ3) is 3.52. The number of fused-ring (bicyclic) bond motifs is 2. The van der Waals surface area contributed by atoms with Gasteiger partial charge in [-0.25, -0.2) is 0 Å². The van der Waals surface area contributed by atoms with Crippen molar-refractivity contribution in [3.63, 3.8) is 0 Å². The van der Waals surface area contributed by atoms with Crippen LogP contribution < -0.4 is 9.80 Å². The summed E-state index contributed by atoms with van der Waals surface area (Å²) in [4.78, 5) is 19.6. The van der Waals surface area contributed by atoms with Crippen molar-refractivity contribution in [2.24, 2.45) is 5.41 Å². The van der Waals surface area contributed by atoms with Crippen molar-refractivity contribution in [2.75, 3.05) is 49.6 Å². The number of carbonyl (C=O) groups is 1. The fraction of sp³-hybridized carbons (Fsp3) is 0.481. The molecule has 1 saturated heterocycles. The van der Waals surface area contributed by atoms with E-state index in [0.717, 1.165) is 61.6 Å². The van der Waals surface area contributed by atoms with Crippen LogP contribution in [0, 0.1) is 5.41 Å². The molecule has 0 saturated carbocycles. The van der Waals surface area contributed by atoms with Crippen molar-refractivity contribution in [3.05, 3.63) is 53.6 Å². The Kier molecular flexibility index (Phi) is 5.24. The number of nitrogens with zero attached hydrogens (tertiary/aromatic N) is 4.